The highest BCUT2D eigenvalue weighted by molar-refractivity contribution is 9.10. The lowest BCUT2D eigenvalue weighted by Gasteiger charge is -2.18. The van der Waals surface area contributed by atoms with E-state index in [1.54, 1.807) is 0 Å². The average Bonchev–Trinajstić information content (AvgIpc) is 2.45. The van der Waals surface area contributed by atoms with Crippen molar-refractivity contribution in [2.45, 2.75) is 25.9 Å². The van der Waals surface area contributed by atoms with Gasteiger partial charge in [-0.3, -0.25) is 0 Å². The Bertz CT molecular complexity index is 571. The summed E-state index contributed by atoms with van der Waals surface area (Å²) in [6.45, 7) is 2.52. The van der Waals surface area contributed by atoms with Crippen LogP contribution in [0.4, 0.5) is 4.39 Å². The van der Waals surface area contributed by atoms with Crippen LogP contribution in [-0.4, -0.2) is 5.11 Å². The van der Waals surface area contributed by atoms with Gasteiger partial charge >= 0.3 is 0 Å². The van der Waals surface area contributed by atoms with Crippen molar-refractivity contribution in [3.63, 3.8) is 0 Å². The standard InChI is InChI=1S/C16H17BrFNO/c1-2-15(11-3-5-13(17)6-4-11)19-10-12-9-14(18)7-8-16(12)20/h3-9,15,19-20H,2,10H2,1H3. The van der Waals surface area contributed by atoms with Crippen molar-refractivity contribution in [1.82, 2.24) is 5.32 Å². The Morgan fingerprint density at radius 2 is 1.90 bits per heavy atom. The molecule has 20 heavy (non-hydrogen) atoms. The van der Waals surface area contributed by atoms with Gasteiger partial charge in [0, 0.05) is 22.6 Å². The van der Waals surface area contributed by atoms with Gasteiger partial charge in [-0.05, 0) is 42.3 Å². The molecule has 0 bridgehead atoms. The van der Waals surface area contributed by atoms with Crippen molar-refractivity contribution in [2.75, 3.05) is 0 Å². The molecule has 0 heterocycles. The maximum absolute atomic E-state index is 13.2. The first-order valence-electron chi connectivity index (χ1n) is 6.56. The quantitative estimate of drug-likeness (QED) is 0.839. The molecule has 0 aliphatic rings. The van der Waals surface area contributed by atoms with Crippen LogP contribution in [-0.2, 0) is 6.54 Å². The Labute approximate surface area is 126 Å². The van der Waals surface area contributed by atoms with Crippen LogP contribution in [0.25, 0.3) is 0 Å². The van der Waals surface area contributed by atoms with Crippen molar-refractivity contribution >= 4 is 15.9 Å². The van der Waals surface area contributed by atoms with E-state index in [1.165, 1.54) is 23.8 Å². The molecule has 0 aromatic heterocycles. The highest BCUT2D eigenvalue weighted by Crippen LogP contribution is 2.22. The van der Waals surface area contributed by atoms with Crippen molar-refractivity contribution in [3.8, 4) is 5.75 Å². The Kier molecular flexibility index (Phi) is 5.15. The molecule has 0 aliphatic heterocycles. The van der Waals surface area contributed by atoms with Gasteiger partial charge in [-0.15, -0.1) is 0 Å². The van der Waals surface area contributed by atoms with Crippen molar-refractivity contribution < 1.29 is 9.50 Å². The number of phenolic OH excluding ortho intramolecular Hbond substituents is 1. The fourth-order valence-corrected chi connectivity index (χ4v) is 2.39. The Morgan fingerprint density at radius 3 is 2.55 bits per heavy atom. The summed E-state index contributed by atoms with van der Waals surface area (Å²) in [5, 5.41) is 13.1. The van der Waals surface area contributed by atoms with Crippen molar-refractivity contribution in [3.05, 3.63) is 63.9 Å². The number of hydrogen-bond acceptors (Lipinski definition) is 2. The monoisotopic (exact) mass is 337 g/mol. The summed E-state index contributed by atoms with van der Waals surface area (Å²) in [5.41, 5.74) is 1.74. The van der Waals surface area contributed by atoms with Crippen LogP contribution in [0.1, 0.15) is 30.5 Å². The molecule has 0 radical (unpaired) electrons. The molecule has 2 nitrogen and oxygen atoms in total. The summed E-state index contributed by atoms with van der Waals surface area (Å²) in [6, 6.07) is 12.3. The largest absolute Gasteiger partial charge is 0.508 e. The normalized spacial score (nSPS) is 12.3. The maximum atomic E-state index is 13.2. The second kappa shape index (κ2) is 6.86. The van der Waals surface area contributed by atoms with Gasteiger partial charge in [0.25, 0.3) is 0 Å². The Hall–Kier alpha value is -1.39. The highest BCUT2D eigenvalue weighted by atomic mass is 79.9. The van der Waals surface area contributed by atoms with E-state index < -0.39 is 0 Å². The van der Waals surface area contributed by atoms with Gasteiger partial charge in [-0.2, -0.15) is 0 Å². The molecule has 0 aliphatic carbocycles. The maximum Gasteiger partial charge on any atom is 0.123 e. The SMILES string of the molecule is CCC(NCc1cc(F)ccc1O)c1ccc(Br)cc1. The van der Waals surface area contributed by atoms with E-state index in [9.17, 15) is 9.50 Å². The van der Waals surface area contributed by atoms with Gasteiger partial charge in [0.05, 0.1) is 0 Å². The molecule has 2 aromatic carbocycles. The number of rotatable bonds is 5. The van der Waals surface area contributed by atoms with Gasteiger partial charge in [-0.25, -0.2) is 4.39 Å². The van der Waals surface area contributed by atoms with Gasteiger partial charge < -0.3 is 10.4 Å². The van der Waals surface area contributed by atoms with Crippen LogP contribution in [0.2, 0.25) is 0 Å². The number of halogens is 2. The van der Waals surface area contributed by atoms with E-state index in [-0.39, 0.29) is 17.6 Å². The fraction of sp³-hybridized carbons (Fsp3) is 0.250. The molecule has 0 spiro atoms. The Morgan fingerprint density at radius 1 is 1.20 bits per heavy atom. The lowest BCUT2D eigenvalue weighted by Crippen LogP contribution is -2.20. The van der Waals surface area contributed by atoms with Crippen LogP contribution < -0.4 is 5.32 Å². The summed E-state index contributed by atoms with van der Waals surface area (Å²) in [7, 11) is 0. The van der Waals surface area contributed by atoms with Crippen LogP contribution in [0.3, 0.4) is 0 Å². The first kappa shape index (κ1) is 15.0. The third-order valence-electron chi connectivity index (χ3n) is 3.26. The molecule has 106 valence electrons. The van der Waals surface area contributed by atoms with Gasteiger partial charge in [0.15, 0.2) is 0 Å². The lowest BCUT2D eigenvalue weighted by atomic mass is 10.0. The molecule has 2 N–H and O–H groups in total. The van der Waals surface area contributed by atoms with Gasteiger partial charge in [0.2, 0.25) is 0 Å². The van der Waals surface area contributed by atoms with E-state index >= 15 is 0 Å². The van der Waals surface area contributed by atoms with Crippen LogP contribution >= 0.6 is 15.9 Å². The Balaban J connectivity index is 2.07. The third-order valence-corrected chi connectivity index (χ3v) is 3.79. The number of phenols is 1. The predicted molar refractivity (Wildman–Crippen MR) is 82.1 cm³/mol. The minimum Gasteiger partial charge on any atom is -0.508 e. The molecule has 2 aromatic rings. The molecule has 1 atom stereocenters. The van der Waals surface area contributed by atoms with Gasteiger partial charge in [-0.1, -0.05) is 35.0 Å². The minimum atomic E-state index is -0.337. The third kappa shape index (κ3) is 3.81. The minimum absolute atomic E-state index is 0.115. The average molecular weight is 338 g/mol. The van der Waals surface area contributed by atoms with Crippen LogP contribution in [0.15, 0.2) is 46.9 Å². The first-order valence-corrected chi connectivity index (χ1v) is 7.35. The number of aromatic hydroxyl groups is 1. The summed E-state index contributed by atoms with van der Waals surface area (Å²) in [4.78, 5) is 0. The van der Waals surface area contributed by atoms with E-state index in [0.29, 0.717) is 12.1 Å². The van der Waals surface area contributed by atoms with E-state index in [2.05, 4.69) is 40.3 Å². The van der Waals surface area contributed by atoms with Crippen LogP contribution in [0.5, 0.6) is 5.75 Å². The number of hydrogen-bond donors (Lipinski definition) is 2. The molecule has 0 amide bonds. The fourth-order valence-electron chi connectivity index (χ4n) is 2.12. The van der Waals surface area contributed by atoms with Gasteiger partial charge in [0.1, 0.15) is 11.6 Å². The molecule has 1 unspecified atom stereocenters. The second-order valence-electron chi connectivity index (χ2n) is 4.67. The van der Waals surface area contributed by atoms with E-state index in [0.717, 1.165) is 10.9 Å². The van der Waals surface area contributed by atoms with E-state index in [4.69, 9.17) is 0 Å². The number of benzene rings is 2. The number of nitrogens with one attached hydrogen (secondary N) is 1. The smallest absolute Gasteiger partial charge is 0.123 e. The molecule has 0 saturated carbocycles. The summed E-state index contributed by atoms with van der Waals surface area (Å²) < 4.78 is 14.2. The molecule has 4 heteroatoms. The van der Waals surface area contributed by atoms with Crippen molar-refractivity contribution in [1.29, 1.82) is 0 Å². The first-order chi connectivity index (χ1) is 9.60. The zero-order valence-electron chi connectivity index (χ0n) is 11.2. The zero-order valence-corrected chi connectivity index (χ0v) is 12.8. The van der Waals surface area contributed by atoms with Crippen LogP contribution in [0, 0.1) is 5.82 Å². The predicted octanol–water partition coefficient (Wildman–Crippen LogP) is 4.53. The summed E-state index contributed by atoms with van der Waals surface area (Å²) in [6.07, 6.45) is 0.914. The molecular formula is C16H17BrFNO. The molecular weight excluding hydrogens is 321 g/mol. The topological polar surface area (TPSA) is 32.3 Å². The lowest BCUT2D eigenvalue weighted by molar-refractivity contribution is 0.452. The summed E-state index contributed by atoms with van der Waals surface area (Å²) >= 11 is 3.41. The highest BCUT2D eigenvalue weighted by Gasteiger charge is 2.10. The summed E-state index contributed by atoms with van der Waals surface area (Å²) in [5.74, 6) is -0.221. The zero-order chi connectivity index (χ0) is 14.5. The molecule has 0 fully saturated rings. The van der Waals surface area contributed by atoms with E-state index in [1.807, 2.05) is 12.1 Å². The molecule has 0 saturated heterocycles. The molecule has 2 rings (SSSR count). The second-order valence-corrected chi connectivity index (χ2v) is 5.58. The van der Waals surface area contributed by atoms with Crippen molar-refractivity contribution in [2.24, 2.45) is 0 Å².